The molecule has 1 amide bonds. The minimum Gasteiger partial charge on any atom is -0.391 e. The van der Waals surface area contributed by atoms with Crippen LogP contribution in [0.3, 0.4) is 0 Å². The number of aromatic nitrogens is 1. The second-order valence-corrected chi connectivity index (χ2v) is 7.09. The summed E-state index contributed by atoms with van der Waals surface area (Å²) < 4.78 is 0. The van der Waals surface area contributed by atoms with Crippen molar-refractivity contribution in [3.63, 3.8) is 0 Å². The maximum atomic E-state index is 12.7. The summed E-state index contributed by atoms with van der Waals surface area (Å²) in [5, 5.41) is 10.2. The molecule has 6 nitrogen and oxygen atoms in total. The average Bonchev–Trinajstić information content (AvgIpc) is 2.54. The van der Waals surface area contributed by atoms with Gasteiger partial charge in [0.05, 0.1) is 6.10 Å². The van der Waals surface area contributed by atoms with E-state index < -0.39 is 0 Å². The van der Waals surface area contributed by atoms with E-state index >= 15 is 0 Å². The van der Waals surface area contributed by atoms with E-state index in [1.807, 2.05) is 19.9 Å². The minimum atomic E-state index is -0.303. The summed E-state index contributed by atoms with van der Waals surface area (Å²) in [4.78, 5) is 31.7. The molecule has 0 bridgehead atoms. The van der Waals surface area contributed by atoms with Crippen LogP contribution in [-0.2, 0) is 0 Å². The van der Waals surface area contributed by atoms with Crippen LogP contribution in [0.5, 0.6) is 0 Å². The highest BCUT2D eigenvalue weighted by Gasteiger charge is 2.32. The number of hydrogen-bond donors (Lipinski definition) is 2. The molecule has 1 saturated carbocycles. The molecule has 2 atom stereocenters. The van der Waals surface area contributed by atoms with Crippen LogP contribution in [0, 0.1) is 13.8 Å². The Labute approximate surface area is 142 Å². The smallest absolute Gasteiger partial charge is 0.261 e. The van der Waals surface area contributed by atoms with E-state index in [4.69, 9.17) is 0 Å². The number of nitrogens with zero attached hydrogens (tertiary/aromatic N) is 2. The normalized spacial score (nSPS) is 25.7. The van der Waals surface area contributed by atoms with Crippen LogP contribution in [0.15, 0.2) is 10.9 Å². The Bertz CT molecular complexity index is 662. The minimum absolute atomic E-state index is 0.183. The molecule has 1 aliphatic carbocycles. The van der Waals surface area contributed by atoms with E-state index in [2.05, 4.69) is 9.88 Å². The lowest BCUT2D eigenvalue weighted by atomic mass is 9.91. The predicted octanol–water partition coefficient (Wildman–Crippen LogP) is 1.05. The second kappa shape index (κ2) is 7.07. The molecule has 0 unspecified atom stereocenters. The number of aryl methyl sites for hydroxylation is 2. The first-order valence-corrected chi connectivity index (χ1v) is 8.89. The Hall–Kier alpha value is -1.66. The van der Waals surface area contributed by atoms with Gasteiger partial charge in [-0.25, -0.2) is 0 Å². The number of nitrogens with one attached hydrogen (secondary N) is 1. The van der Waals surface area contributed by atoms with Crippen LogP contribution in [0.2, 0.25) is 0 Å². The van der Waals surface area contributed by atoms with Crippen LogP contribution >= 0.6 is 0 Å². The second-order valence-electron chi connectivity index (χ2n) is 7.09. The van der Waals surface area contributed by atoms with Gasteiger partial charge in [-0.15, -0.1) is 0 Å². The summed E-state index contributed by atoms with van der Waals surface area (Å²) in [5.74, 6) is -0.183. The zero-order chi connectivity index (χ0) is 17.3. The fraction of sp³-hybridized carbons (Fsp3) is 0.667. The number of carbonyl (C=O) groups excluding carboxylic acids is 1. The first-order chi connectivity index (χ1) is 11.5. The lowest BCUT2D eigenvalue weighted by molar-refractivity contribution is -0.00176. The number of piperazine rings is 1. The Balaban J connectivity index is 1.66. The van der Waals surface area contributed by atoms with Crippen molar-refractivity contribution in [1.29, 1.82) is 0 Å². The van der Waals surface area contributed by atoms with Gasteiger partial charge < -0.3 is 15.0 Å². The third-order valence-electron chi connectivity index (χ3n) is 5.34. The quantitative estimate of drug-likeness (QED) is 0.848. The van der Waals surface area contributed by atoms with E-state index in [0.717, 1.165) is 43.6 Å². The molecule has 2 fully saturated rings. The SMILES string of the molecule is Cc1cc(C)c(C(=O)N2CCN([C@@H]3CCCC[C@H]3O)CC2)c(=O)[nH]1. The highest BCUT2D eigenvalue weighted by Crippen LogP contribution is 2.24. The van der Waals surface area contributed by atoms with Gasteiger partial charge in [-0.3, -0.25) is 14.5 Å². The summed E-state index contributed by atoms with van der Waals surface area (Å²) >= 11 is 0. The van der Waals surface area contributed by atoms with Gasteiger partial charge >= 0.3 is 0 Å². The molecule has 1 aromatic heterocycles. The predicted molar refractivity (Wildman–Crippen MR) is 92.3 cm³/mol. The summed E-state index contributed by atoms with van der Waals surface area (Å²) in [5.41, 5.74) is 1.45. The Kier molecular flexibility index (Phi) is 5.06. The van der Waals surface area contributed by atoms with E-state index in [9.17, 15) is 14.7 Å². The molecule has 0 radical (unpaired) electrons. The topological polar surface area (TPSA) is 76.6 Å². The molecular weight excluding hydrogens is 306 g/mol. The molecule has 2 N–H and O–H groups in total. The van der Waals surface area contributed by atoms with Gasteiger partial charge in [0.2, 0.25) is 0 Å². The Morgan fingerprint density at radius 2 is 1.83 bits per heavy atom. The van der Waals surface area contributed by atoms with Crippen molar-refractivity contribution in [2.24, 2.45) is 0 Å². The van der Waals surface area contributed by atoms with Gasteiger partial charge in [0, 0.05) is 37.9 Å². The number of aliphatic hydroxyl groups excluding tert-OH is 1. The molecule has 2 aliphatic rings. The van der Waals surface area contributed by atoms with Gasteiger partial charge in [0.15, 0.2) is 0 Å². The van der Waals surface area contributed by atoms with Crippen LogP contribution in [-0.4, -0.2) is 64.1 Å². The summed E-state index contributed by atoms with van der Waals surface area (Å²) in [7, 11) is 0. The number of rotatable bonds is 2. The van der Waals surface area contributed by atoms with Crippen molar-refractivity contribution in [3.05, 3.63) is 33.2 Å². The van der Waals surface area contributed by atoms with Crippen LogP contribution in [0.4, 0.5) is 0 Å². The molecule has 2 heterocycles. The van der Waals surface area contributed by atoms with Crippen LogP contribution < -0.4 is 5.56 Å². The standard InChI is InChI=1S/C18H27N3O3/c1-12-11-13(2)19-17(23)16(12)18(24)21-9-7-20(8-10-21)14-5-3-4-6-15(14)22/h11,14-15,22H,3-10H2,1-2H3,(H,19,23)/t14-,15-/m1/s1. The first kappa shape index (κ1) is 17.2. The number of pyridine rings is 1. The highest BCUT2D eigenvalue weighted by molar-refractivity contribution is 5.95. The van der Waals surface area contributed by atoms with E-state index in [-0.39, 0.29) is 29.2 Å². The molecule has 0 aromatic carbocycles. The maximum absolute atomic E-state index is 12.7. The largest absolute Gasteiger partial charge is 0.391 e. The number of aliphatic hydroxyl groups is 1. The lowest BCUT2D eigenvalue weighted by Gasteiger charge is -2.42. The van der Waals surface area contributed by atoms with Crippen molar-refractivity contribution < 1.29 is 9.90 Å². The van der Waals surface area contributed by atoms with Crippen molar-refractivity contribution in [1.82, 2.24) is 14.8 Å². The number of H-pyrrole nitrogens is 1. The summed E-state index contributed by atoms with van der Waals surface area (Å²) in [6, 6.07) is 2.06. The highest BCUT2D eigenvalue weighted by atomic mass is 16.3. The van der Waals surface area contributed by atoms with Crippen molar-refractivity contribution in [2.75, 3.05) is 26.2 Å². The van der Waals surface area contributed by atoms with Crippen LogP contribution in [0.1, 0.15) is 47.3 Å². The fourth-order valence-corrected chi connectivity index (χ4v) is 4.05. The van der Waals surface area contributed by atoms with Gasteiger partial charge in [-0.2, -0.15) is 0 Å². The fourth-order valence-electron chi connectivity index (χ4n) is 4.05. The monoisotopic (exact) mass is 333 g/mol. The number of carbonyl (C=O) groups is 1. The molecule has 1 aromatic rings. The molecule has 3 rings (SSSR count). The number of hydrogen-bond acceptors (Lipinski definition) is 4. The molecule has 1 saturated heterocycles. The zero-order valence-corrected chi connectivity index (χ0v) is 14.5. The van der Waals surface area contributed by atoms with Gasteiger partial charge in [-0.1, -0.05) is 12.8 Å². The van der Waals surface area contributed by atoms with E-state index in [1.165, 1.54) is 6.42 Å². The average molecular weight is 333 g/mol. The molecule has 24 heavy (non-hydrogen) atoms. The number of amides is 1. The Morgan fingerprint density at radius 3 is 2.46 bits per heavy atom. The van der Waals surface area contributed by atoms with Gasteiger partial charge in [0.25, 0.3) is 11.5 Å². The van der Waals surface area contributed by atoms with Crippen molar-refractivity contribution in [3.8, 4) is 0 Å². The number of aromatic amines is 1. The molecule has 0 spiro atoms. The maximum Gasteiger partial charge on any atom is 0.261 e. The van der Waals surface area contributed by atoms with Gasteiger partial charge in [-0.05, 0) is 38.3 Å². The van der Waals surface area contributed by atoms with Crippen molar-refractivity contribution in [2.45, 2.75) is 51.7 Å². The van der Waals surface area contributed by atoms with E-state index in [1.54, 1.807) is 4.90 Å². The summed E-state index contributed by atoms with van der Waals surface area (Å²) in [6.45, 7) is 6.36. The molecular formula is C18H27N3O3. The van der Waals surface area contributed by atoms with Gasteiger partial charge in [0.1, 0.15) is 5.56 Å². The first-order valence-electron chi connectivity index (χ1n) is 8.89. The van der Waals surface area contributed by atoms with Crippen LogP contribution in [0.25, 0.3) is 0 Å². The third-order valence-corrected chi connectivity index (χ3v) is 5.34. The Morgan fingerprint density at radius 1 is 1.17 bits per heavy atom. The third kappa shape index (κ3) is 3.39. The molecule has 1 aliphatic heterocycles. The summed E-state index contributed by atoms with van der Waals surface area (Å²) in [6.07, 6.45) is 3.93. The molecule has 6 heteroatoms. The van der Waals surface area contributed by atoms with E-state index in [0.29, 0.717) is 13.1 Å². The van der Waals surface area contributed by atoms with Crippen molar-refractivity contribution >= 4 is 5.91 Å². The molecule has 132 valence electrons. The lowest BCUT2D eigenvalue weighted by Crippen LogP contribution is -2.55. The zero-order valence-electron chi connectivity index (χ0n) is 14.5.